The molecule has 2 unspecified atom stereocenters. The Balaban J connectivity index is 0.000000606. The number of nitriles is 1. The molecule has 3 atom stereocenters. The van der Waals surface area contributed by atoms with Crippen LogP contribution in [0.15, 0.2) is 6.07 Å². The van der Waals surface area contributed by atoms with Gasteiger partial charge in [-0.25, -0.2) is 0 Å². The molecule has 0 radical (unpaired) electrons. The van der Waals surface area contributed by atoms with Crippen molar-refractivity contribution in [2.75, 3.05) is 0 Å². The molecule has 0 spiro atoms. The standard InChI is InChI=1S/C11H15N3.C2H6/c1-7-3-9(6-12)5-10(7)11-4-8(2)13-14-11;1-2/h4,7,9-10H,3,5H2,1-2H3,(H,13,14);1-2H3/t7?,9?,10-;/m1./s1. The number of hydrogen-bond acceptors (Lipinski definition) is 2. The van der Waals surface area contributed by atoms with Crippen molar-refractivity contribution in [1.82, 2.24) is 10.2 Å². The number of nitrogens with one attached hydrogen (secondary N) is 1. The molecule has 0 saturated heterocycles. The Hall–Kier alpha value is -1.30. The van der Waals surface area contributed by atoms with Crippen molar-refractivity contribution >= 4 is 0 Å². The Morgan fingerprint density at radius 3 is 2.56 bits per heavy atom. The zero-order chi connectivity index (χ0) is 12.1. The molecule has 1 fully saturated rings. The average Bonchev–Trinajstić information content (AvgIpc) is 2.87. The minimum Gasteiger partial charge on any atom is -0.283 e. The van der Waals surface area contributed by atoms with Crippen molar-refractivity contribution in [3.05, 3.63) is 17.5 Å². The summed E-state index contributed by atoms with van der Waals surface area (Å²) >= 11 is 0. The van der Waals surface area contributed by atoms with Crippen molar-refractivity contribution in [2.24, 2.45) is 11.8 Å². The van der Waals surface area contributed by atoms with Crippen LogP contribution in [0.3, 0.4) is 0 Å². The Kier molecular flexibility index (Phi) is 4.54. The van der Waals surface area contributed by atoms with E-state index >= 15 is 0 Å². The normalized spacial score (nSPS) is 28.1. The van der Waals surface area contributed by atoms with Crippen molar-refractivity contribution in [3.63, 3.8) is 0 Å². The number of nitrogens with zero attached hydrogens (tertiary/aromatic N) is 2. The number of aromatic nitrogens is 2. The first kappa shape index (κ1) is 12.8. The van der Waals surface area contributed by atoms with Crippen molar-refractivity contribution in [2.45, 2.75) is 46.5 Å². The zero-order valence-electron chi connectivity index (χ0n) is 10.6. The van der Waals surface area contributed by atoms with Gasteiger partial charge in [0.05, 0.1) is 11.8 Å². The molecule has 1 aromatic rings. The fraction of sp³-hybridized carbons (Fsp3) is 0.692. The predicted molar refractivity (Wildman–Crippen MR) is 64.9 cm³/mol. The summed E-state index contributed by atoms with van der Waals surface area (Å²) in [6.45, 7) is 8.23. The number of hydrogen-bond donors (Lipinski definition) is 1. The molecule has 2 rings (SSSR count). The third-order valence-electron chi connectivity index (χ3n) is 3.17. The van der Waals surface area contributed by atoms with Gasteiger partial charge < -0.3 is 0 Å². The lowest BCUT2D eigenvalue weighted by Gasteiger charge is -2.10. The molecule has 1 aliphatic rings. The van der Waals surface area contributed by atoms with E-state index in [1.807, 2.05) is 20.8 Å². The Morgan fingerprint density at radius 1 is 1.44 bits per heavy atom. The highest BCUT2D eigenvalue weighted by Gasteiger charge is 2.33. The quantitative estimate of drug-likeness (QED) is 0.787. The summed E-state index contributed by atoms with van der Waals surface area (Å²) in [4.78, 5) is 0. The number of aryl methyl sites for hydroxylation is 1. The summed E-state index contributed by atoms with van der Waals surface area (Å²) in [5, 5.41) is 16.1. The van der Waals surface area contributed by atoms with Crippen LogP contribution in [0.5, 0.6) is 0 Å². The second-order valence-electron chi connectivity index (χ2n) is 4.36. The van der Waals surface area contributed by atoms with Crippen LogP contribution in [0.4, 0.5) is 0 Å². The lowest BCUT2D eigenvalue weighted by Crippen LogP contribution is -2.02. The van der Waals surface area contributed by atoms with Gasteiger partial charge in [-0.1, -0.05) is 20.8 Å². The maximum absolute atomic E-state index is 8.88. The summed E-state index contributed by atoms with van der Waals surface area (Å²) in [6.07, 6.45) is 2.00. The molecule has 1 saturated carbocycles. The van der Waals surface area contributed by atoms with Crippen LogP contribution >= 0.6 is 0 Å². The van der Waals surface area contributed by atoms with Crippen LogP contribution < -0.4 is 0 Å². The Labute approximate surface area is 97.9 Å². The predicted octanol–water partition coefficient (Wildman–Crippen LogP) is 3.40. The van der Waals surface area contributed by atoms with Gasteiger partial charge >= 0.3 is 0 Å². The van der Waals surface area contributed by atoms with Gasteiger partial charge in [-0.15, -0.1) is 0 Å². The molecule has 0 aromatic carbocycles. The van der Waals surface area contributed by atoms with Crippen LogP contribution in [0.2, 0.25) is 0 Å². The minimum atomic E-state index is 0.229. The fourth-order valence-electron chi connectivity index (χ4n) is 2.39. The van der Waals surface area contributed by atoms with Gasteiger partial charge in [-0.2, -0.15) is 10.4 Å². The van der Waals surface area contributed by atoms with Crippen LogP contribution in [-0.4, -0.2) is 10.2 Å². The van der Waals surface area contributed by atoms with E-state index in [2.05, 4.69) is 29.3 Å². The van der Waals surface area contributed by atoms with Gasteiger partial charge in [0, 0.05) is 17.5 Å². The third kappa shape index (κ3) is 2.63. The van der Waals surface area contributed by atoms with E-state index in [1.165, 1.54) is 0 Å². The maximum Gasteiger partial charge on any atom is 0.0658 e. The molecule has 0 amide bonds. The van der Waals surface area contributed by atoms with E-state index in [-0.39, 0.29) is 5.92 Å². The fourth-order valence-corrected chi connectivity index (χ4v) is 2.39. The average molecular weight is 219 g/mol. The van der Waals surface area contributed by atoms with E-state index in [1.54, 1.807) is 0 Å². The van der Waals surface area contributed by atoms with Crippen molar-refractivity contribution in [3.8, 4) is 6.07 Å². The summed E-state index contributed by atoms with van der Waals surface area (Å²) < 4.78 is 0. The highest BCUT2D eigenvalue weighted by atomic mass is 15.1. The number of rotatable bonds is 1. The molecule has 1 N–H and O–H groups in total. The summed E-state index contributed by atoms with van der Waals surface area (Å²) in [6, 6.07) is 4.46. The molecule has 88 valence electrons. The van der Waals surface area contributed by atoms with Gasteiger partial charge in [-0.3, -0.25) is 5.10 Å². The molecular formula is C13H21N3. The molecule has 1 aliphatic carbocycles. The van der Waals surface area contributed by atoms with Crippen LogP contribution in [0.25, 0.3) is 0 Å². The molecule has 1 aromatic heterocycles. The second-order valence-corrected chi connectivity index (χ2v) is 4.36. The first-order valence-electron chi connectivity index (χ1n) is 6.12. The van der Waals surface area contributed by atoms with Crippen molar-refractivity contribution in [1.29, 1.82) is 5.26 Å². The largest absolute Gasteiger partial charge is 0.283 e. The third-order valence-corrected chi connectivity index (χ3v) is 3.17. The summed E-state index contributed by atoms with van der Waals surface area (Å²) in [5.74, 6) is 1.29. The van der Waals surface area contributed by atoms with Crippen LogP contribution in [-0.2, 0) is 0 Å². The molecule has 3 nitrogen and oxygen atoms in total. The molecule has 1 heterocycles. The van der Waals surface area contributed by atoms with Gasteiger partial charge in [0.1, 0.15) is 0 Å². The first-order chi connectivity index (χ1) is 7.70. The van der Waals surface area contributed by atoms with Gasteiger partial charge in [-0.05, 0) is 31.7 Å². The van der Waals surface area contributed by atoms with Gasteiger partial charge in [0.25, 0.3) is 0 Å². The minimum absolute atomic E-state index is 0.229. The molecule has 0 bridgehead atoms. The number of aromatic amines is 1. The maximum atomic E-state index is 8.88. The highest BCUT2D eigenvalue weighted by molar-refractivity contribution is 5.16. The summed E-state index contributed by atoms with van der Waals surface area (Å²) in [7, 11) is 0. The Bertz CT molecular complexity index is 361. The van der Waals surface area contributed by atoms with E-state index in [4.69, 9.17) is 5.26 Å². The smallest absolute Gasteiger partial charge is 0.0658 e. The monoisotopic (exact) mass is 219 g/mol. The van der Waals surface area contributed by atoms with E-state index in [0.29, 0.717) is 11.8 Å². The van der Waals surface area contributed by atoms with Gasteiger partial charge in [0.2, 0.25) is 0 Å². The number of H-pyrrole nitrogens is 1. The van der Waals surface area contributed by atoms with E-state index in [0.717, 1.165) is 24.2 Å². The Morgan fingerprint density at radius 2 is 2.12 bits per heavy atom. The topological polar surface area (TPSA) is 52.5 Å². The second kappa shape index (κ2) is 5.69. The molecule has 16 heavy (non-hydrogen) atoms. The highest BCUT2D eigenvalue weighted by Crippen LogP contribution is 2.41. The lowest BCUT2D eigenvalue weighted by atomic mass is 9.95. The lowest BCUT2D eigenvalue weighted by molar-refractivity contribution is 0.520. The van der Waals surface area contributed by atoms with E-state index in [9.17, 15) is 0 Å². The van der Waals surface area contributed by atoms with Gasteiger partial charge in [0.15, 0.2) is 0 Å². The zero-order valence-corrected chi connectivity index (χ0v) is 10.6. The molecule has 3 heteroatoms. The molecular weight excluding hydrogens is 198 g/mol. The van der Waals surface area contributed by atoms with Crippen LogP contribution in [0, 0.1) is 30.1 Å². The SMILES string of the molecule is CC.Cc1cc([C@@H]2CC(C#N)CC2C)n[nH]1. The van der Waals surface area contributed by atoms with Crippen LogP contribution in [0.1, 0.15) is 50.9 Å². The van der Waals surface area contributed by atoms with E-state index < -0.39 is 0 Å². The first-order valence-corrected chi connectivity index (χ1v) is 6.12. The van der Waals surface area contributed by atoms with Crippen molar-refractivity contribution < 1.29 is 0 Å². The summed E-state index contributed by atoms with van der Waals surface area (Å²) in [5.41, 5.74) is 2.24. The molecule has 0 aliphatic heterocycles.